The van der Waals surface area contributed by atoms with Gasteiger partial charge in [-0.1, -0.05) is 6.42 Å². The Kier molecular flexibility index (Phi) is 9.67. The SMILES string of the molecule is CC(C)(C)C(=O)Oc1cc2c3c(c4cc(OC(=O)C(C)(C)C)c(OC(=O)C(C)(C)C)cc4c2cc1OC(=O)C(C)(C)C)CN1CCCCC1C3. The summed E-state index contributed by atoms with van der Waals surface area (Å²) in [6, 6.07) is 7.46. The van der Waals surface area contributed by atoms with Gasteiger partial charge in [0.2, 0.25) is 0 Å². The molecular formula is C41H53NO8. The van der Waals surface area contributed by atoms with Crippen LogP contribution in [0.15, 0.2) is 24.3 Å². The fraction of sp³-hybridized carbons (Fsp3) is 0.561. The van der Waals surface area contributed by atoms with E-state index in [1.807, 2.05) is 6.07 Å². The number of carbonyl (C=O) groups excluding carboxylic acids is 4. The minimum Gasteiger partial charge on any atom is -0.422 e. The summed E-state index contributed by atoms with van der Waals surface area (Å²) in [5.74, 6) is -1.34. The van der Waals surface area contributed by atoms with Gasteiger partial charge in [0.15, 0.2) is 23.0 Å². The Labute approximate surface area is 295 Å². The Hall–Kier alpha value is -3.98. The van der Waals surface area contributed by atoms with Gasteiger partial charge in [-0.15, -0.1) is 0 Å². The molecule has 0 spiro atoms. The van der Waals surface area contributed by atoms with Crippen molar-refractivity contribution in [2.75, 3.05) is 6.54 Å². The van der Waals surface area contributed by atoms with E-state index in [-0.39, 0.29) is 23.0 Å². The summed E-state index contributed by atoms with van der Waals surface area (Å²) in [4.78, 5) is 55.6. The lowest BCUT2D eigenvalue weighted by atomic mass is 9.82. The van der Waals surface area contributed by atoms with Crippen LogP contribution in [0.1, 0.15) is 113 Å². The highest BCUT2D eigenvalue weighted by Crippen LogP contribution is 2.47. The van der Waals surface area contributed by atoms with E-state index in [1.54, 1.807) is 101 Å². The number of fused-ring (bicyclic) bond motifs is 7. The summed E-state index contributed by atoms with van der Waals surface area (Å²) in [5, 5.41) is 3.16. The smallest absolute Gasteiger partial charge is 0.316 e. The average molecular weight is 688 g/mol. The zero-order chi connectivity index (χ0) is 37.1. The molecule has 1 fully saturated rings. The van der Waals surface area contributed by atoms with Crippen LogP contribution in [0, 0.1) is 21.7 Å². The Balaban J connectivity index is 1.86. The highest BCUT2D eigenvalue weighted by molar-refractivity contribution is 6.13. The van der Waals surface area contributed by atoms with Gasteiger partial charge < -0.3 is 18.9 Å². The first-order valence-corrected chi connectivity index (χ1v) is 17.7. The van der Waals surface area contributed by atoms with E-state index < -0.39 is 45.5 Å². The molecule has 50 heavy (non-hydrogen) atoms. The summed E-state index contributed by atoms with van der Waals surface area (Å²) in [6.07, 6.45) is 4.11. The second-order valence-corrected chi connectivity index (χ2v) is 18.0. The number of rotatable bonds is 4. The zero-order valence-electron chi connectivity index (χ0n) is 31.8. The number of esters is 4. The Morgan fingerprint density at radius 1 is 0.520 bits per heavy atom. The lowest BCUT2D eigenvalue weighted by Gasteiger charge is -2.41. The fourth-order valence-corrected chi connectivity index (χ4v) is 6.07. The largest absolute Gasteiger partial charge is 0.422 e. The van der Waals surface area contributed by atoms with Gasteiger partial charge in [-0.3, -0.25) is 24.1 Å². The first kappa shape index (κ1) is 37.3. The minimum absolute atomic E-state index is 0.111. The maximum atomic E-state index is 13.3. The molecule has 2 aliphatic rings. The lowest BCUT2D eigenvalue weighted by Crippen LogP contribution is -2.43. The molecule has 0 radical (unpaired) electrons. The van der Waals surface area contributed by atoms with Crippen molar-refractivity contribution < 1.29 is 38.1 Å². The van der Waals surface area contributed by atoms with Crippen molar-refractivity contribution in [3.8, 4) is 23.0 Å². The van der Waals surface area contributed by atoms with E-state index in [2.05, 4.69) is 4.90 Å². The van der Waals surface area contributed by atoms with Crippen molar-refractivity contribution >= 4 is 45.4 Å². The third-order valence-electron chi connectivity index (χ3n) is 9.28. The molecule has 0 amide bonds. The molecule has 1 atom stereocenters. The molecule has 0 N–H and O–H groups in total. The molecular weight excluding hydrogens is 634 g/mol. The zero-order valence-corrected chi connectivity index (χ0v) is 31.8. The van der Waals surface area contributed by atoms with Gasteiger partial charge in [0, 0.05) is 12.6 Å². The number of carbonyl (C=O) groups is 4. The molecule has 9 nitrogen and oxygen atoms in total. The van der Waals surface area contributed by atoms with Gasteiger partial charge in [0.25, 0.3) is 0 Å². The van der Waals surface area contributed by atoms with Crippen molar-refractivity contribution in [3.63, 3.8) is 0 Å². The van der Waals surface area contributed by atoms with Gasteiger partial charge in [0.05, 0.1) is 21.7 Å². The normalized spacial score (nSPS) is 17.2. The average Bonchev–Trinajstić information content (AvgIpc) is 2.99. The van der Waals surface area contributed by atoms with Gasteiger partial charge in [-0.05, 0) is 166 Å². The van der Waals surface area contributed by atoms with Crippen molar-refractivity contribution in [1.82, 2.24) is 4.90 Å². The molecule has 270 valence electrons. The van der Waals surface area contributed by atoms with Gasteiger partial charge in [-0.2, -0.15) is 0 Å². The predicted molar refractivity (Wildman–Crippen MR) is 194 cm³/mol. The molecule has 3 aromatic carbocycles. The molecule has 3 aromatic rings. The number of nitrogens with zero attached hydrogens (tertiary/aromatic N) is 1. The number of hydrogen-bond acceptors (Lipinski definition) is 9. The molecule has 0 aliphatic carbocycles. The fourth-order valence-electron chi connectivity index (χ4n) is 6.07. The van der Waals surface area contributed by atoms with E-state index in [4.69, 9.17) is 18.9 Å². The van der Waals surface area contributed by atoms with Crippen molar-refractivity contribution in [2.45, 2.75) is 121 Å². The quantitative estimate of drug-likeness (QED) is 0.151. The molecule has 5 rings (SSSR count). The van der Waals surface area contributed by atoms with E-state index in [0.717, 1.165) is 64.9 Å². The monoisotopic (exact) mass is 687 g/mol. The number of ether oxygens (including phenoxy) is 4. The summed E-state index contributed by atoms with van der Waals surface area (Å²) in [7, 11) is 0. The van der Waals surface area contributed by atoms with Crippen LogP contribution < -0.4 is 18.9 Å². The van der Waals surface area contributed by atoms with Crippen LogP contribution in [0.2, 0.25) is 0 Å². The van der Waals surface area contributed by atoms with Crippen molar-refractivity contribution in [3.05, 3.63) is 35.4 Å². The van der Waals surface area contributed by atoms with Crippen LogP contribution >= 0.6 is 0 Å². The van der Waals surface area contributed by atoms with E-state index in [9.17, 15) is 19.2 Å². The standard InChI is InChI=1S/C41H53NO8/c1-38(2,3)34(43)47-30-18-25-24-17-23-15-13-14-16-42(23)22-29(24)28-21-33(50-37(46)41(10,11)12)32(49-36(45)40(7,8)9)20-27(28)26(25)19-31(30)48-35(44)39(4,5)6/h18-21,23H,13-17,22H2,1-12H3. The second kappa shape index (κ2) is 13.0. The van der Waals surface area contributed by atoms with Gasteiger partial charge in [-0.25, -0.2) is 0 Å². The predicted octanol–water partition coefficient (Wildman–Crippen LogP) is 8.71. The lowest BCUT2D eigenvalue weighted by molar-refractivity contribution is -0.145. The van der Waals surface area contributed by atoms with Gasteiger partial charge >= 0.3 is 23.9 Å². The van der Waals surface area contributed by atoms with E-state index in [1.165, 1.54) is 0 Å². The van der Waals surface area contributed by atoms with Crippen LogP contribution in [-0.2, 0) is 32.1 Å². The minimum atomic E-state index is -0.832. The number of piperidine rings is 1. The molecule has 2 aliphatic heterocycles. The summed E-state index contributed by atoms with van der Waals surface area (Å²) < 4.78 is 24.0. The van der Waals surface area contributed by atoms with Gasteiger partial charge in [0.1, 0.15) is 0 Å². The number of benzene rings is 3. The summed E-state index contributed by atoms with van der Waals surface area (Å²) in [6.45, 7) is 22.8. The summed E-state index contributed by atoms with van der Waals surface area (Å²) >= 11 is 0. The first-order valence-electron chi connectivity index (χ1n) is 17.7. The molecule has 0 saturated carbocycles. The molecule has 2 heterocycles. The van der Waals surface area contributed by atoms with Crippen LogP contribution in [0.4, 0.5) is 0 Å². The third kappa shape index (κ3) is 7.68. The Morgan fingerprint density at radius 2 is 0.860 bits per heavy atom. The van der Waals surface area contributed by atoms with Crippen LogP contribution in [0.3, 0.4) is 0 Å². The van der Waals surface area contributed by atoms with Crippen LogP contribution in [0.25, 0.3) is 21.5 Å². The maximum Gasteiger partial charge on any atom is 0.316 e. The molecule has 0 bridgehead atoms. The van der Waals surface area contributed by atoms with Crippen molar-refractivity contribution in [2.24, 2.45) is 21.7 Å². The highest BCUT2D eigenvalue weighted by atomic mass is 16.6. The van der Waals surface area contributed by atoms with E-state index >= 15 is 0 Å². The second-order valence-electron chi connectivity index (χ2n) is 18.0. The molecule has 1 saturated heterocycles. The third-order valence-corrected chi connectivity index (χ3v) is 9.28. The summed E-state index contributed by atoms with van der Waals surface area (Å²) in [5.41, 5.74) is -1.11. The Morgan fingerprint density at radius 3 is 1.22 bits per heavy atom. The molecule has 1 unspecified atom stereocenters. The maximum absolute atomic E-state index is 13.3. The topological polar surface area (TPSA) is 108 Å². The van der Waals surface area contributed by atoms with Crippen LogP contribution in [0.5, 0.6) is 23.0 Å². The molecule has 9 heteroatoms. The Bertz CT molecular complexity index is 1740. The number of hydrogen-bond donors (Lipinski definition) is 0. The molecule has 0 aromatic heterocycles. The highest BCUT2D eigenvalue weighted by Gasteiger charge is 2.35. The van der Waals surface area contributed by atoms with Crippen LogP contribution in [-0.4, -0.2) is 41.4 Å². The van der Waals surface area contributed by atoms with E-state index in [0.29, 0.717) is 12.6 Å². The van der Waals surface area contributed by atoms with Crippen molar-refractivity contribution in [1.29, 1.82) is 0 Å². The first-order chi connectivity index (χ1) is 22.9.